The molecule has 3 atom stereocenters. The van der Waals surface area contributed by atoms with Crippen LogP contribution in [0.15, 0.2) is 55.0 Å². The summed E-state index contributed by atoms with van der Waals surface area (Å²) in [4.78, 5) is 26.3. The van der Waals surface area contributed by atoms with E-state index in [0.29, 0.717) is 23.7 Å². The molecule has 0 unspecified atom stereocenters. The van der Waals surface area contributed by atoms with Crippen molar-refractivity contribution in [1.82, 2.24) is 24.2 Å². The summed E-state index contributed by atoms with van der Waals surface area (Å²) in [6, 6.07) is 12.4. The maximum atomic E-state index is 12.3. The van der Waals surface area contributed by atoms with Gasteiger partial charge in [-0.3, -0.25) is 14.1 Å². The van der Waals surface area contributed by atoms with Crippen LogP contribution >= 0.6 is 0 Å². The second-order valence-electron chi connectivity index (χ2n) is 11.2. The van der Waals surface area contributed by atoms with Gasteiger partial charge in [-0.25, -0.2) is 9.97 Å². The van der Waals surface area contributed by atoms with Crippen LogP contribution in [0.25, 0.3) is 5.78 Å². The third kappa shape index (κ3) is 4.91. The van der Waals surface area contributed by atoms with E-state index in [9.17, 15) is 9.90 Å². The molecule has 0 amide bonds. The number of carbonyl (C=O) groups is 1. The largest absolute Gasteiger partial charge is 0.480 e. The summed E-state index contributed by atoms with van der Waals surface area (Å²) in [6.07, 6.45) is 12.6. The molecule has 6 rings (SSSR count). The van der Waals surface area contributed by atoms with Crippen LogP contribution in [0.4, 0.5) is 0 Å². The summed E-state index contributed by atoms with van der Waals surface area (Å²) in [7, 11) is 0. The minimum Gasteiger partial charge on any atom is -0.480 e. The van der Waals surface area contributed by atoms with Crippen LogP contribution in [0.3, 0.4) is 0 Å². The lowest BCUT2D eigenvalue weighted by molar-refractivity contribution is -0.144. The molecule has 2 aromatic heterocycles. The van der Waals surface area contributed by atoms with Crippen molar-refractivity contribution in [3.8, 4) is 0 Å². The Kier molecular flexibility index (Phi) is 6.76. The molecule has 36 heavy (non-hydrogen) atoms. The van der Waals surface area contributed by atoms with Crippen molar-refractivity contribution in [3.05, 3.63) is 66.2 Å². The summed E-state index contributed by atoms with van der Waals surface area (Å²) in [5.41, 5.74) is 2.51. The highest BCUT2D eigenvalue weighted by Gasteiger charge is 2.41. The van der Waals surface area contributed by atoms with Crippen LogP contribution in [0.1, 0.15) is 61.6 Å². The van der Waals surface area contributed by atoms with Gasteiger partial charge < -0.3 is 10.0 Å². The fourth-order valence-corrected chi connectivity index (χ4v) is 6.66. The first-order valence-corrected chi connectivity index (χ1v) is 13.7. The number of aromatic nitrogens is 3. The van der Waals surface area contributed by atoms with Gasteiger partial charge in [-0.15, -0.1) is 0 Å². The maximum Gasteiger partial charge on any atom is 0.320 e. The number of imidazole rings is 1. The molecule has 4 heterocycles. The number of benzene rings is 1. The first kappa shape index (κ1) is 23.6. The van der Waals surface area contributed by atoms with E-state index in [1.807, 2.05) is 16.7 Å². The summed E-state index contributed by atoms with van der Waals surface area (Å²) in [6.45, 7) is 4.89. The molecule has 2 aliphatic heterocycles. The van der Waals surface area contributed by atoms with Gasteiger partial charge in [-0.05, 0) is 55.8 Å². The first-order valence-electron chi connectivity index (χ1n) is 13.7. The summed E-state index contributed by atoms with van der Waals surface area (Å²) >= 11 is 0. The second-order valence-corrected chi connectivity index (χ2v) is 11.2. The van der Waals surface area contributed by atoms with E-state index >= 15 is 0 Å². The molecule has 1 aromatic carbocycles. The highest BCUT2D eigenvalue weighted by Crippen LogP contribution is 2.38. The molecular weight excluding hydrogens is 450 g/mol. The Hall–Kier alpha value is -2.77. The lowest BCUT2D eigenvalue weighted by atomic mass is 9.80. The topological polar surface area (TPSA) is 74.0 Å². The van der Waals surface area contributed by atoms with Crippen LogP contribution in [0, 0.1) is 11.8 Å². The maximum absolute atomic E-state index is 12.3. The van der Waals surface area contributed by atoms with Crippen LogP contribution in [0.5, 0.6) is 0 Å². The summed E-state index contributed by atoms with van der Waals surface area (Å²) in [5, 5.41) is 10.1. The van der Waals surface area contributed by atoms with Gasteiger partial charge in [0.05, 0.1) is 5.69 Å². The van der Waals surface area contributed by atoms with E-state index in [2.05, 4.69) is 51.3 Å². The van der Waals surface area contributed by atoms with Gasteiger partial charge in [0.1, 0.15) is 6.04 Å². The zero-order valence-corrected chi connectivity index (χ0v) is 21.0. The Morgan fingerprint density at radius 1 is 1.06 bits per heavy atom. The molecule has 7 heteroatoms. The van der Waals surface area contributed by atoms with E-state index < -0.39 is 5.97 Å². The third-order valence-electron chi connectivity index (χ3n) is 8.96. The molecule has 0 bridgehead atoms. The summed E-state index contributed by atoms with van der Waals surface area (Å²) in [5.74, 6) is 2.04. The summed E-state index contributed by atoms with van der Waals surface area (Å²) < 4.78 is 2.02. The number of rotatable bonds is 8. The second kappa shape index (κ2) is 10.3. The standard InChI is InChI=1S/C29H37N5O2/c35-28(36)27(16-21-6-4-7-21)34-18-24(25(19-34)22-8-2-1-3-9-22)17-32-14-10-23(11-15-32)26-20-33-13-5-12-30-29(33)31-26/h1-3,5,8-9,12-13,20-21,23-25,27H,4,6-7,10-11,14-19H2,(H,35,36)/t24-,25+,27+/m0/s1. The molecule has 1 aliphatic carbocycles. The average Bonchev–Trinajstić information content (AvgIpc) is 3.48. The third-order valence-corrected chi connectivity index (χ3v) is 8.96. The van der Waals surface area contributed by atoms with Crippen molar-refractivity contribution in [3.63, 3.8) is 0 Å². The van der Waals surface area contributed by atoms with Crippen LogP contribution in [-0.4, -0.2) is 74.0 Å². The van der Waals surface area contributed by atoms with Crippen LogP contribution in [0.2, 0.25) is 0 Å². The van der Waals surface area contributed by atoms with Crippen LogP contribution in [-0.2, 0) is 4.79 Å². The van der Waals surface area contributed by atoms with E-state index in [1.54, 1.807) is 6.20 Å². The molecule has 1 N–H and O–H groups in total. The number of hydrogen-bond acceptors (Lipinski definition) is 5. The molecule has 7 nitrogen and oxygen atoms in total. The number of aliphatic carboxylic acids is 1. The quantitative estimate of drug-likeness (QED) is 0.512. The number of fused-ring (bicyclic) bond motifs is 1. The molecule has 3 aliphatic rings. The first-order chi connectivity index (χ1) is 17.6. The number of carboxylic acids is 1. The van der Waals surface area contributed by atoms with E-state index in [1.165, 1.54) is 24.8 Å². The van der Waals surface area contributed by atoms with E-state index in [0.717, 1.165) is 63.5 Å². The van der Waals surface area contributed by atoms with Crippen molar-refractivity contribution >= 4 is 11.7 Å². The highest BCUT2D eigenvalue weighted by atomic mass is 16.4. The molecule has 190 valence electrons. The van der Waals surface area contributed by atoms with Crippen molar-refractivity contribution in [1.29, 1.82) is 0 Å². The van der Waals surface area contributed by atoms with Crippen molar-refractivity contribution in [2.75, 3.05) is 32.7 Å². The fourth-order valence-electron chi connectivity index (χ4n) is 6.66. The fraction of sp³-hybridized carbons (Fsp3) is 0.552. The minimum absolute atomic E-state index is 0.346. The molecule has 1 saturated carbocycles. The van der Waals surface area contributed by atoms with Gasteiger partial charge in [-0.2, -0.15) is 0 Å². The monoisotopic (exact) mass is 487 g/mol. The normalized spacial score (nSPS) is 25.2. The molecule has 0 radical (unpaired) electrons. The van der Waals surface area contributed by atoms with Crippen LogP contribution < -0.4 is 0 Å². The van der Waals surface area contributed by atoms with Crippen molar-refractivity contribution in [2.45, 2.75) is 56.4 Å². The number of likely N-dealkylation sites (tertiary alicyclic amines) is 2. The Labute approximate surface area is 213 Å². The lowest BCUT2D eigenvalue weighted by Crippen LogP contribution is -2.43. The Morgan fingerprint density at radius 3 is 2.56 bits per heavy atom. The highest BCUT2D eigenvalue weighted by molar-refractivity contribution is 5.73. The van der Waals surface area contributed by atoms with Gasteiger partial charge in [0.2, 0.25) is 5.78 Å². The van der Waals surface area contributed by atoms with E-state index in [-0.39, 0.29) is 6.04 Å². The Morgan fingerprint density at radius 2 is 1.86 bits per heavy atom. The zero-order chi connectivity index (χ0) is 24.5. The number of piperidine rings is 1. The zero-order valence-electron chi connectivity index (χ0n) is 21.0. The average molecular weight is 488 g/mol. The van der Waals surface area contributed by atoms with Crippen molar-refractivity contribution in [2.24, 2.45) is 11.8 Å². The number of nitrogens with zero attached hydrogens (tertiary/aromatic N) is 5. The van der Waals surface area contributed by atoms with Gasteiger partial charge >= 0.3 is 5.97 Å². The SMILES string of the molecule is O=C(O)[C@@H](CC1CCC1)N1C[C@H](CN2CCC(c3cn4cccnc4n3)CC2)[C@@H](c2ccccc2)C1. The molecule has 2 saturated heterocycles. The van der Waals surface area contributed by atoms with Gasteiger partial charge in [0, 0.05) is 50.1 Å². The molecule has 3 aromatic rings. The van der Waals surface area contributed by atoms with Gasteiger partial charge in [0.25, 0.3) is 0 Å². The predicted molar refractivity (Wildman–Crippen MR) is 139 cm³/mol. The predicted octanol–water partition coefficient (Wildman–Crippen LogP) is 4.27. The van der Waals surface area contributed by atoms with Gasteiger partial charge in [0.15, 0.2) is 0 Å². The Bertz CT molecular complexity index is 1140. The molecule has 0 spiro atoms. The smallest absolute Gasteiger partial charge is 0.320 e. The number of carboxylic acid groups (broad SMARTS) is 1. The molecule has 3 fully saturated rings. The van der Waals surface area contributed by atoms with Crippen molar-refractivity contribution < 1.29 is 9.90 Å². The lowest BCUT2D eigenvalue weighted by Gasteiger charge is -2.34. The number of hydrogen-bond donors (Lipinski definition) is 1. The minimum atomic E-state index is -0.642. The van der Waals surface area contributed by atoms with E-state index in [4.69, 9.17) is 4.98 Å². The van der Waals surface area contributed by atoms with Gasteiger partial charge in [-0.1, -0.05) is 49.6 Å². The molecular formula is C29H37N5O2. The Balaban J connectivity index is 1.13.